The van der Waals surface area contributed by atoms with Crippen molar-refractivity contribution in [3.8, 4) is 17.1 Å². The van der Waals surface area contributed by atoms with Gasteiger partial charge < -0.3 is 15.0 Å². The molecule has 0 bridgehead atoms. The molecule has 0 saturated carbocycles. The number of nitrogens with zero attached hydrogens (tertiary/aromatic N) is 2. The van der Waals surface area contributed by atoms with Crippen molar-refractivity contribution in [1.82, 2.24) is 10.1 Å². The molecule has 0 spiro atoms. The van der Waals surface area contributed by atoms with E-state index in [2.05, 4.69) is 32.6 Å². The molecule has 1 heterocycles. The normalized spacial score (nSPS) is 10.5. The van der Waals surface area contributed by atoms with Crippen molar-refractivity contribution in [2.75, 3.05) is 6.61 Å². The summed E-state index contributed by atoms with van der Waals surface area (Å²) < 4.78 is 11.4. The Kier molecular flexibility index (Phi) is 4.34. The van der Waals surface area contributed by atoms with Crippen LogP contribution in [-0.2, 0) is 6.54 Å². The molecule has 2 rings (SSSR count). The summed E-state index contributed by atoms with van der Waals surface area (Å²) in [6.07, 6.45) is 0. The highest BCUT2D eigenvalue weighted by Crippen LogP contribution is 2.29. The summed E-state index contributed by atoms with van der Waals surface area (Å²) >= 11 is 3.45. The van der Waals surface area contributed by atoms with Crippen LogP contribution < -0.4 is 10.5 Å². The van der Waals surface area contributed by atoms with Crippen molar-refractivity contribution in [2.24, 2.45) is 5.73 Å². The van der Waals surface area contributed by atoms with Crippen LogP contribution in [0, 0.1) is 0 Å². The fourth-order valence-corrected chi connectivity index (χ4v) is 1.91. The first kappa shape index (κ1) is 13.8. The molecule has 0 aliphatic rings. The maximum Gasteiger partial charge on any atom is 0.240 e. The summed E-state index contributed by atoms with van der Waals surface area (Å²) in [6.45, 7) is 6.42. The van der Waals surface area contributed by atoms with Gasteiger partial charge in [0.25, 0.3) is 0 Å². The van der Waals surface area contributed by atoms with Crippen molar-refractivity contribution in [3.05, 3.63) is 40.7 Å². The third-order valence-corrected chi connectivity index (χ3v) is 2.93. The predicted octanol–water partition coefficient (Wildman–Crippen LogP) is 2.91. The molecule has 19 heavy (non-hydrogen) atoms. The Bertz CT molecular complexity index is 595. The molecule has 2 aromatic rings. The Balaban J connectivity index is 2.20. The van der Waals surface area contributed by atoms with Crippen LogP contribution in [0.4, 0.5) is 0 Å². The first-order valence-corrected chi connectivity index (χ1v) is 6.49. The van der Waals surface area contributed by atoms with Gasteiger partial charge in [-0.2, -0.15) is 4.98 Å². The van der Waals surface area contributed by atoms with E-state index in [1.54, 1.807) is 0 Å². The Hall–Kier alpha value is -1.66. The standard InChI is InChI=1S/C13H14BrN3O2/c1-8(2)7-18-11-4-3-9(5-10(11)14)13-16-12(6-15)19-17-13/h3-5H,1,6-7,15H2,2H3. The van der Waals surface area contributed by atoms with Gasteiger partial charge in [0.2, 0.25) is 11.7 Å². The molecule has 0 atom stereocenters. The molecule has 0 radical (unpaired) electrons. The lowest BCUT2D eigenvalue weighted by Gasteiger charge is -2.08. The smallest absolute Gasteiger partial charge is 0.240 e. The van der Waals surface area contributed by atoms with Gasteiger partial charge in [-0.15, -0.1) is 0 Å². The second-order valence-corrected chi connectivity index (χ2v) is 4.96. The van der Waals surface area contributed by atoms with E-state index in [-0.39, 0.29) is 6.54 Å². The van der Waals surface area contributed by atoms with Crippen LogP contribution in [0.15, 0.2) is 39.3 Å². The van der Waals surface area contributed by atoms with E-state index in [0.717, 1.165) is 21.4 Å². The number of halogens is 1. The van der Waals surface area contributed by atoms with Crippen LogP contribution in [0.3, 0.4) is 0 Å². The van der Waals surface area contributed by atoms with E-state index >= 15 is 0 Å². The van der Waals surface area contributed by atoms with E-state index in [1.165, 1.54) is 0 Å². The van der Waals surface area contributed by atoms with Crippen LogP contribution in [-0.4, -0.2) is 16.7 Å². The zero-order valence-corrected chi connectivity index (χ0v) is 12.1. The molecule has 0 unspecified atom stereocenters. The summed E-state index contributed by atoms with van der Waals surface area (Å²) in [5.74, 6) is 1.66. The minimum absolute atomic E-state index is 0.230. The Morgan fingerprint density at radius 3 is 2.89 bits per heavy atom. The highest BCUT2D eigenvalue weighted by molar-refractivity contribution is 9.10. The number of hydrogen-bond acceptors (Lipinski definition) is 5. The molecule has 5 nitrogen and oxygen atoms in total. The van der Waals surface area contributed by atoms with Crippen molar-refractivity contribution < 1.29 is 9.26 Å². The molecule has 100 valence electrons. The lowest BCUT2D eigenvalue weighted by Crippen LogP contribution is -1.98. The fourth-order valence-electron chi connectivity index (χ4n) is 1.41. The minimum atomic E-state index is 0.230. The summed E-state index contributed by atoms with van der Waals surface area (Å²) in [5, 5.41) is 3.86. The summed E-state index contributed by atoms with van der Waals surface area (Å²) in [7, 11) is 0. The third kappa shape index (κ3) is 3.42. The molecule has 0 saturated heterocycles. The average molecular weight is 324 g/mol. The number of ether oxygens (including phenoxy) is 1. The second kappa shape index (κ2) is 5.99. The predicted molar refractivity (Wildman–Crippen MR) is 75.6 cm³/mol. The van der Waals surface area contributed by atoms with Crippen LogP contribution in [0.25, 0.3) is 11.4 Å². The lowest BCUT2D eigenvalue weighted by atomic mass is 10.2. The molecule has 0 aliphatic heterocycles. The monoisotopic (exact) mass is 323 g/mol. The van der Waals surface area contributed by atoms with Gasteiger partial charge in [0.05, 0.1) is 11.0 Å². The Morgan fingerprint density at radius 2 is 2.32 bits per heavy atom. The zero-order chi connectivity index (χ0) is 13.8. The third-order valence-electron chi connectivity index (χ3n) is 2.31. The fraction of sp³-hybridized carbons (Fsp3) is 0.231. The first-order chi connectivity index (χ1) is 9.10. The van der Waals surface area contributed by atoms with Gasteiger partial charge in [-0.1, -0.05) is 11.7 Å². The largest absolute Gasteiger partial charge is 0.488 e. The van der Waals surface area contributed by atoms with E-state index in [0.29, 0.717) is 18.3 Å². The molecule has 0 amide bonds. The van der Waals surface area contributed by atoms with E-state index in [9.17, 15) is 0 Å². The van der Waals surface area contributed by atoms with Crippen LogP contribution >= 0.6 is 15.9 Å². The molecule has 1 aromatic heterocycles. The van der Waals surface area contributed by atoms with Crippen molar-refractivity contribution in [2.45, 2.75) is 13.5 Å². The van der Waals surface area contributed by atoms with Crippen LogP contribution in [0.2, 0.25) is 0 Å². The summed E-state index contributed by atoms with van der Waals surface area (Å²) in [6, 6.07) is 5.59. The highest BCUT2D eigenvalue weighted by Gasteiger charge is 2.10. The number of benzene rings is 1. The lowest BCUT2D eigenvalue weighted by molar-refractivity contribution is 0.350. The van der Waals surface area contributed by atoms with Crippen LogP contribution in [0.1, 0.15) is 12.8 Å². The number of aromatic nitrogens is 2. The van der Waals surface area contributed by atoms with Crippen molar-refractivity contribution in [3.63, 3.8) is 0 Å². The SMILES string of the molecule is C=C(C)COc1ccc(-c2noc(CN)n2)cc1Br. The Morgan fingerprint density at radius 1 is 1.53 bits per heavy atom. The number of nitrogens with two attached hydrogens (primary N) is 1. The number of rotatable bonds is 5. The summed E-state index contributed by atoms with van der Waals surface area (Å²) in [4.78, 5) is 4.17. The molecule has 1 aromatic carbocycles. The van der Waals surface area contributed by atoms with Gasteiger partial charge in [-0.05, 0) is 46.6 Å². The quantitative estimate of drug-likeness (QED) is 0.856. The van der Waals surface area contributed by atoms with Gasteiger partial charge in [-0.3, -0.25) is 0 Å². The molecule has 2 N–H and O–H groups in total. The maximum atomic E-state index is 5.58. The number of hydrogen-bond donors (Lipinski definition) is 1. The topological polar surface area (TPSA) is 74.2 Å². The van der Waals surface area contributed by atoms with Gasteiger partial charge in [0.15, 0.2) is 0 Å². The van der Waals surface area contributed by atoms with E-state index in [1.807, 2.05) is 25.1 Å². The Labute approximate surface area is 119 Å². The average Bonchev–Trinajstić information content (AvgIpc) is 2.85. The highest BCUT2D eigenvalue weighted by atomic mass is 79.9. The molecule has 0 aliphatic carbocycles. The van der Waals surface area contributed by atoms with Crippen molar-refractivity contribution >= 4 is 15.9 Å². The first-order valence-electron chi connectivity index (χ1n) is 5.70. The molecule has 6 heteroatoms. The van der Waals surface area contributed by atoms with Gasteiger partial charge in [0, 0.05) is 5.56 Å². The van der Waals surface area contributed by atoms with E-state index < -0.39 is 0 Å². The maximum absolute atomic E-state index is 5.58. The molecular formula is C13H14BrN3O2. The van der Waals surface area contributed by atoms with Crippen LogP contribution in [0.5, 0.6) is 5.75 Å². The van der Waals surface area contributed by atoms with Gasteiger partial charge in [0.1, 0.15) is 12.4 Å². The second-order valence-electron chi connectivity index (χ2n) is 4.11. The van der Waals surface area contributed by atoms with Crippen molar-refractivity contribution in [1.29, 1.82) is 0 Å². The summed E-state index contributed by atoms with van der Waals surface area (Å²) in [5.41, 5.74) is 7.22. The van der Waals surface area contributed by atoms with E-state index in [4.69, 9.17) is 15.0 Å². The molecular weight excluding hydrogens is 310 g/mol. The molecule has 0 fully saturated rings. The van der Waals surface area contributed by atoms with Gasteiger partial charge in [-0.25, -0.2) is 0 Å². The minimum Gasteiger partial charge on any atom is -0.488 e. The zero-order valence-electron chi connectivity index (χ0n) is 10.5. The van der Waals surface area contributed by atoms with Gasteiger partial charge >= 0.3 is 0 Å².